The Balaban J connectivity index is 2.20. The van der Waals surface area contributed by atoms with Gasteiger partial charge in [0.25, 0.3) is 0 Å². The second-order valence-corrected chi connectivity index (χ2v) is 4.36. The molecule has 1 aliphatic heterocycles. The van der Waals surface area contributed by atoms with Crippen LogP contribution in [-0.2, 0) is 0 Å². The van der Waals surface area contributed by atoms with E-state index >= 15 is 0 Å². The molecular formula is C13H19NO2. The van der Waals surface area contributed by atoms with Crippen LogP contribution in [0.3, 0.4) is 0 Å². The van der Waals surface area contributed by atoms with Crippen molar-refractivity contribution in [2.24, 2.45) is 0 Å². The lowest BCUT2D eigenvalue weighted by Gasteiger charge is -2.37. The molecule has 16 heavy (non-hydrogen) atoms. The number of fused-ring (bicyclic) bond motifs is 1. The number of rotatable bonds is 3. The molecule has 3 nitrogen and oxygen atoms in total. The van der Waals surface area contributed by atoms with Crippen LogP contribution in [0.1, 0.15) is 18.4 Å². The number of nitrogens with zero attached hydrogens (tertiary/aromatic N) is 1. The summed E-state index contributed by atoms with van der Waals surface area (Å²) in [4.78, 5) is 2.28. The lowest BCUT2D eigenvalue weighted by atomic mass is 10.1. The Hall–Kier alpha value is -1.22. The highest BCUT2D eigenvalue weighted by atomic mass is 16.5. The molecule has 0 amide bonds. The van der Waals surface area contributed by atoms with Crippen LogP contribution in [-0.4, -0.2) is 31.4 Å². The van der Waals surface area contributed by atoms with Crippen molar-refractivity contribution in [3.63, 3.8) is 0 Å². The van der Waals surface area contributed by atoms with Gasteiger partial charge in [0.2, 0.25) is 0 Å². The normalized spacial score (nSPS) is 19.2. The van der Waals surface area contributed by atoms with Crippen LogP contribution in [0.4, 0.5) is 5.69 Å². The minimum absolute atomic E-state index is 0.255. The first-order chi connectivity index (χ1) is 7.74. The molecular weight excluding hydrogens is 202 g/mol. The topological polar surface area (TPSA) is 32.7 Å². The number of hydrogen-bond acceptors (Lipinski definition) is 3. The van der Waals surface area contributed by atoms with Crippen molar-refractivity contribution in [3.8, 4) is 5.75 Å². The highest BCUT2D eigenvalue weighted by Crippen LogP contribution is 2.36. The fraction of sp³-hybridized carbons (Fsp3) is 0.538. The Labute approximate surface area is 96.6 Å². The molecule has 1 atom stereocenters. The largest absolute Gasteiger partial charge is 0.489 e. The van der Waals surface area contributed by atoms with Gasteiger partial charge in [-0.25, -0.2) is 0 Å². The summed E-state index contributed by atoms with van der Waals surface area (Å²) in [5.74, 6) is 0.975. The van der Waals surface area contributed by atoms with E-state index in [1.165, 1.54) is 11.3 Å². The van der Waals surface area contributed by atoms with Gasteiger partial charge in [0, 0.05) is 13.7 Å². The zero-order valence-corrected chi connectivity index (χ0v) is 9.94. The third kappa shape index (κ3) is 2.00. The van der Waals surface area contributed by atoms with Gasteiger partial charge in [0.15, 0.2) is 0 Å². The minimum Gasteiger partial charge on any atom is -0.489 e. The van der Waals surface area contributed by atoms with Crippen molar-refractivity contribution >= 4 is 5.69 Å². The molecule has 2 rings (SSSR count). The molecule has 0 spiro atoms. The summed E-state index contributed by atoms with van der Waals surface area (Å²) in [6, 6.07) is 6.52. The van der Waals surface area contributed by atoms with E-state index in [1.807, 2.05) is 12.1 Å². The predicted octanol–water partition coefficient (Wildman–Crippen LogP) is 1.96. The van der Waals surface area contributed by atoms with E-state index in [9.17, 15) is 0 Å². The maximum absolute atomic E-state index is 8.87. The van der Waals surface area contributed by atoms with Crippen LogP contribution in [0.2, 0.25) is 0 Å². The van der Waals surface area contributed by atoms with Crippen LogP contribution < -0.4 is 9.64 Å². The second-order valence-electron chi connectivity index (χ2n) is 4.36. The average molecular weight is 221 g/mol. The number of para-hydroxylation sites is 1. The zero-order chi connectivity index (χ0) is 11.5. The van der Waals surface area contributed by atoms with Crippen LogP contribution in [0.15, 0.2) is 18.2 Å². The van der Waals surface area contributed by atoms with Gasteiger partial charge < -0.3 is 14.7 Å². The fourth-order valence-corrected chi connectivity index (χ4v) is 2.28. The van der Waals surface area contributed by atoms with E-state index in [2.05, 4.69) is 24.9 Å². The molecule has 3 heteroatoms. The maximum atomic E-state index is 8.87. The van der Waals surface area contributed by atoms with Crippen molar-refractivity contribution in [3.05, 3.63) is 23.8 Å². The first-order valence-corrected chi connectivity index (χ1v) is 5.80. The smallest absolute Gasteiger partial charge is 0.142 e. The number of anilines is 1. The van der Waals surface area contributed by atoms with Gasteiger partial charge in [0.1, 0.15) is 12.4 Å². The molecule has 0 aromatic heterocycles. The Morgan fingerprint density at radius 3 is 3.06 bits per heavy atom. The van der Waals surface area contributed by atoms with Crippen molar-refractivity contribution in [2.45, 2.75) is 25.8 Å². The van der Waals surface area contributed by atoms with Crippen molar-refractivity contribution in [2.75, 3.05) is 25.2 Å². The molecule has 1 aliphatic rings. The van der Waals surface area contributed by atoms with E-state index in [0.717, 1.165) is 18.6 Å². The summed E-state index contributed by atoms with van der Waals surface area (Å²) in [6.45, 7) is 3.07. The minimum atomic E-state index is 0.255. The fourth-order valence-electron chi connectivity index (χ4n) is 2.28. The molecule has 0 saturated heterocycles. The molecule has 0 radical (unpaired) electrons. The number of hydrogen-bond donors (Lipinski definition) is 1. The van der Waals surface area contributed by atoms with Crippen molar-refractivity contribution < 1.29 is 9.84 Å². The highest BCUT2D eigenvalue weighted by molar-refractivity contribution is 5.64. The number of aliphatic hydroxyl groups is 1. The Kier molecular flexibility index (Phi) is 3.34. The van der Waals surface area contributed by atoms with Crippen LogP contribution in [0.5, 0.6) is 5.75 Å². The standard InChI is InChI=1S/C13H19NO2/c1-10-5-3-7-12-13(10)14(2)11(9-16-12)6-4-8-15/h3,5,7,11,15H,4,6,8-9H2,1-2H3. The van der Waals surface area contributed by atoms with E-state index in [0.29, 0.717) is 12.6 Å². The number of benzene rings is 1. The number of ether oxygens (including phenoxy) is 1. The van der Waals surface area contributed by atoms with Crippen LogP contribution >= 0.6 is 0 Å². The Morgan fingerprint density at radius 2 is 2.31 bits per heavy atom. The number of aryl methyl sites for hydroxylation is 1. The molecule has 0 aliphatic carbocycles. The third-order valence-corrected chi connectivity index (χ3v) is 3.23. The average Bonchev–Trinajstić information content (AvgIpc) is 2.28. The van der Waals surface area contributed by atoms with Gasteiger partial charge in [-0.3, -0.25) is 0 Å². The van der Waals surface area contributed by atoms with Crippen LogP contribution in [0, 0.1) is 6.92 Å². The molecule has 1 unspecified atom stereocenters. The predicted molar refractivity (Wildman–Crippen MR) is 65.2 cm³/mol. The number of aliphatic hydroxyl groups excluding tert-OH is 1. The quantitative estimate of drug-likeness (QED) is 0.847. The van der Waals surface area contributed by atoms with E-state index in [4.69, 9.17) is 9.84 Å². The van der Waals surface area contributed by atoms with E-state index in [1.54, 1.807) is 0 Å². The Bertz CT molecular complexity index is 365. The highest BCUT2D eigenvalue weighted by Gasteiger charge is 2.25. The summed E-state index contributed by atoms with van der Waals surface area (Å²) in [5.41, 5.74) is 2.44. The lowest BCUT2D eigenvalue weighted by molar-refractivity contribution is 0.236. The van der Waals surface area contributed by atoms with Gasteiger partial charge in [0.05, 0.1) is 11.7 Å². The third-order valence-electron chi connectivity index (χ3n) is 3.23. The van der Waals surface area contributed by atoms with Crippen LogP contribution in [0.25, 0.3) is 0 Å². The molecule has 1 heterocycles. The van der Waals surface area contributed by atoms with Gasteiger partial charge >= 0.3 is 0 Å². The number of likely N-dealkylation sites (N-methyl/N-ethyl adjacent to an activating group) is 1. The second kappa shape index (κ2) is 4.74. The molecule has 88 valence electrons. The first kappa shape index (κ1) is 11.3. The van der Waals surface area contributed by atoms with Gasteiger partial charge in [-0.05, 0) is 31.4 Å². The van der Waals surface area contributed by atoms with Crippen molar-refractivity contribution in [1.82, 2.24) is 0 Å². The van der Waals surface area contributed by atoms with Gasteiger partial charge in [-0.1, -0.05) is 12.1 Å². The summed E-state index contributed by atoms with van der Waals surface area (Å²) < 4.78 is 5.76. The molecule has 0 bridgehead atoms. The summed E-state index contributed by atoms with van der Waals surface area (Å²) in [6.07, 6.45) is 1.81. The molecule has 1 aromatic carbocycles. The molecule has 1 aromatic rings. The Morgan fingerprint density at radius 1 is 1.50 bits per heavy atom. The summed E-state index contributed by atoms with van der Waals surface area (Å²) >= 11 is 0. The summed E-state index contributed by atoms with van der Waals surface area (Å²) in [7, 11) is 2.11. The molecule has 1 N–H and O–H groups in total. The summed E-state index contributed by atoms with van der Waals surface area (Å²) in [5, 5.41) is 8.87. The lowest BCUT2D eigenvalue weighted by Crippen LogP contribution is -2.40. The van der Waals surface area contributed by atoms with E-state index < -0.39 is 0 Å². The SMILES string of the molecule is Cc1cccc2c1N(C)C(CCCO)CO2. The van der Waals surface area contributed by atoms with Crippen molar-refractivity contribution in [1.29, 1.82) is 0 Å². The first-order valence-electron chi connectivity index (χ1n) is 5.80. The maximum Gasteiger partial charge on any atom is 0.142 e. The monoisotopic (exact) mass is 221 g/mol. The zero-order valence-electron chi connectivity index (χ0n) is 9.94. The molecule has 0 saturated carbocycles. The van der Waals surface area contributed by atoms with Gasteiger partial charge in [-0.2, -0.15) is 0 Å². The van der Waals surface area contributed by atoms with E-state index in [-0.39, 0.29) is 6.61 Å². The molecule has 0 fully saturated rings. The van der Waals surface area contributed by atoms with Gasteiger partial charge in [-0.15, -0.1) is 0 Å².